The minimum Gasteiger partial charge on any atom is -0.352 e. The largest absolute Gasteiger partial charge is 0.352 e. The third-order valence-corrected chi connectivity index (χ3v) is 2.74. The fourth-order valence-corrected chi connectivity index (χ4v) is 1.47. The van der Waals surface area contributed by atoms with E-state index < -0.39 is 0 Å². The average Bonchev–Trinajstić information content (AvgIpc) is 2.36. The van der Waals surface area contributed by atoms with Crippen LogP contribution in [0.25, 0.3) is 0 Å². The van der Waals surface area contributed by atoms with Gasteiger partial charge in [-0.1, -0.05) is 35.0 Å². The summed E-state index contributed by atoms with van der Waals surface area (Å²) in [6.45, 7) is 4.34. The van der Waals surface area contributed by atoms with E-state index in [1.54, 1.807) is 31.2 Å². The number of carbonyl (C=O) groups excluding carboxylic acids is 2. The van der Waals surface area contributed by atoms with Crippen LogP contribution in [0.1, 0.15) is 30.6 Å². The van der Waals surface area contributed by atoms with Crippen LogP contribution in [-0.2, 0) is 4.79 Å². The Bertz CT molecular complexity index is 433. The molecule has 0 bridgehead atoms. The Balaban J connectivity index is 2.85. The number of benzene rings is 1. The van der Waals surface area contributed by atoms with Crippen molar-refractivity contribution in [2.24, 2.45) is 0 Å². The molecule has 0 aliphatic heterocycles. The molecule has 0 aliphatic rings. The number of anilines is 1. The van der Waals surface area contributed by atoms with E-state index in [4.69, 9.17) is 0 Å². The fourth-order valence-electron chi connectivity index (χ4n) is 1.36. The van der Waals surface area contributed by atoms with Crippen molar-refractivity contribution in [1.82, 2.24) is 5.32 Å². The van der Waals surface area contributed by atoms with Gasteiger partial charge >= 0.3 is 0 Å². The molecular formula is C13H17BrN2O2. The maximum atomic E-state index is 11.9. The molecule has 98 valence electrons. The lowest BCUT2D eigenvalue weighted by molar-refractivity contribution is -0.115. The minimum atomic E-state index is -0.302. The number of para-hydroxylation sites is 1. The molecule has 18 heavy (non-hydrogen) atoms. The fraction of sp³-hybridized carbons (Fsp3) is 0.385. The lowest BCUT2D eigenvalue weighted by atomic mass is 10.1. The SMILES string of the molecule is CCCNC(=O)c1ccccc1NC(=O)C(C)Br. The Morgan fingerprint density at radius 2 is 2.00 bits per heavy atom. The number of hydrogen-bond acceptors (Lipinski definition) is 2. The van der Waals surface area contributed by atoms with Crippen molar-refractivity contribution in [3.63, 3.8) is 0 Å². The molecule has 5 heteroatoms. The monoisotopic (exact) mass is 312 g/mol. The third-order valence-electron chi connectivity index (χ3n) is 2.33. The zero-order valence-corrected chi connectivity index (χ0v) is 12.1. The molecule has 0 fully saturated rings. The quantitative estimate of drug-likeness (QED) is 0.821. The standard InChI is InChI=1S/C13H17BrN2O2/c1-3-8-15-13(18)10-6-4-5-7-11(10)16-12(17)9(2)14/h4-7,9H,3,8H2,1-2H3,(H,15,18)(H,16,17). The van der Waals surface area contributed by atoms with E-state index in [-0.39, 0.29) is 16.6 Å². The van der Waals surface area contributed by atoms with Crippen LogP contribution in [-0.4, -0.2) is 23.2 Å². The molecule has 2 N–H and O–H groups in total. The van der Waals surface area contributed by atoms with Crippen molar-refractivity contribution >= 4 is 33.4 Å². The van der Waals surface area contributed by atoms with Gasteiger partial charge in [0.1, 0.15) is 0 Å². The van der Waals surface area contributed by atoms with Gasteiger partial charge in [0, 0.05) is 6.54 Å². The first-order valence-electron chi connectivity index (χ1n) is 5.88. The van der Waals surface area contributed by atoms with E-state index in [0.717, 1.165) is 6.42 Å². The number of halogens is 1. The minimum absolute atomic E-state index is 0.171. The number of rotatable bonds is 5. The topological polar surface area (TPSA) is 58.2 Å². The molecule has 0 aliphatic carbocycles. The van der Waals surface area contributed by atoms with Gasteiger partial charge in [-0.15, -0.1) is 0 Å². The van der Waals surface area contributed by atoms with Gasteiger partial charge < -0.3 is 10.6 Å². The number of amides is 2. The first-order valence-corrected chi connectivity index (χ1v) is 6.80. The molecule has 1 rings (SSSR count). The molecule has 0 radical (unpaired) electrons. The molecule has 0 spiro atoms. The lowest BCUT2D eigenvalue weighted by Gasteiger charge is -2.11. The van der Waals surface area contributed by atoms with E-state index in [2.05, 4.69) is 26.6 Å². The first-order chi connectivity index (χ1) is 8.56. The average molecular weight is 313 g/mol. The smallest absolute Gasteiger partial charge is 0.253 e. The van der Waals surface area contributed by atoms with Crippen LogP contribution in [0.15, 0.2) is 24.3 Å². The Kier molecular flexibility index (Phi) is 5.85. The Labute approximate surface area is 115 Å². The number of hydrogen-bond donors (Lipinski definition) is 2. The van der Waals surface area contributed by atoms with Gasteiger partial charge in [-0.25, -0.2) is 0 Å². The summed E-state index contributed by atoms with van der Waals surface area (Å²) >= 11 is 3.19. The highest BCUT2D eigenvalue weighted by molar-refractivity contribution is 9.10. The van der Waals surface area contributed by atoms with Crippen LogP contribution in [0.5, 0.6) is 0 Å². The second-order valence-electron chi connectivity index (χ2n) is 3.91. The summed E-state index contributed by atoms with van der Waals surface area (Å²) in [6.07, 6.45) is 0.874. The second kappa shape index (κ2) is 7.16. The van der Waals surface area contributed by atoms with Crippen molar-refractivity contribution in [2.75, 3.05) is 11.9 Å². The third kappa shape index (κ3) is 4.14. The van der Waals surface area contributed by atoms with E-state index in [1.807, 2.05) is 6.92 Å². The Hall–Kier alpha value is -1.36. The molecule has 1 atom stereocenters. The zero-order chi connectivity index (χ0) is 13.5. The number of carbonyl (C=O) groups is 2. The summed E-state index contributed by atoms with van der Waals surface area (Å²) in [6, 6.07) is 6.97. The Morgan fingerprint density at radius 3 is 2.61 bits per heavy atom. The van der Waals surface area contributed by atoms with Crippen LogP contribution in [0.4, 0.5) is 5.69 Å². The van der Waals surface area contributed by atoms with Crippen LogP contribution < -0.4 is 10.6 Å². The van der Waals surface area contributed by atoms with Gasteiger partial charge in [0.25, 0.3) is 5.91 Å². The van der Waals surface area contributed by atoms with Crippen molar-refractivity contribution in [1.29, 1.82) is 0 Å². The summed E-state index contributed by atoms with van der Waals surface area (Å²) in [5.74, 6) is -0.347. The highest BCUT2D eigenvalue weighted by Gasteiger charge is 2.14. The maximum absolute atomic E-state index is 11.9. The van der Waals surface area contributed by atoms with Gasteiger partial charge in [0.15, 0.2) is 0 Å². The predicted octanol–water partition coefficient (Wildman–Crippen LogP) is 2.55. The van der Waals surface area contributed by atoms with Crippen LogP contribution >= 0.6 is 15.9 Å². The number of nitrogens with one attached hydrogen (secondary N) is 2. The second-order valence-corrected chi connectivity index (χ2v) is 5.28. The molecule has 4 nitrogen and oxygen atoms in total. The molecule has 1 aromatic carbocycles. The first kappa shape index (κ1) is 14.7. The van der Waals surface area contributed by atoms with Crippen molar-refractivity contribution < 1.29 is 9.59 Å². The zero-order valence-electron chi connectivity index (χ0n) is 10.5. The van der Waals surface area contributed by atoms with Gasteiger partial charge in [-0.3, -0.25) is 9.59 Å². The predicted molar refractivity (Wildman–Crippen MR) is 76.1 cm³/mol. The van der Waals surface area contributed by atoms with Gasteiger partial charge in [-0.2, -0.15) is 0 Å². The van der Waals surface area contributed by atoms with Gasteiger partial charge in [-0.05, 0) is 25.5 Å². The van der Waals surface area contributed by atoms with Crippen LogP contribution in [0.2, 0.25) is 0 Å². The highest BCUT2D eigenvalue weighted by Crippen LogP contribution is 2.16. The van der Waals surface area contributed by atoms with Crippen molar-refractivity contribution in [2.45, 2.75) is 25.1 Å². The van der Waals surface area contributed by atoms with E-state index in [9.17, 15) is 9.59 Å². The van der Waals surface area contributed by atoms with Crippen molar-refractivity contribution in [3.05, 3.63) is 29.8 Å². The lowest BCUT2D eigenvalue weighted by Crippen LogP contribution is -2.27. The summed E-state index contributed by atoms with van der Waals surface area (Å²) in [5.41, 5.74) is 1.01. The van der Waals surface area contributed by atoms with E-state index in [1.165, 1.54) is 0 Å². The summed E-state index contributed by atoms with van der Waals surface area (Å²) < 4.78 is 0. The molecule has 0 saturated heterocycles. The van der Waals surface area contributed by atoms with E-state index >= 15 is 0 Å². The van der Waals surface area contributed by atoms with Crippen LogP contribution in [0.3, 0.4) is 0 Å². The van der Waals surface area contributed by atoms with E-state index in [0.29, 0.717) is 17.8 Å². The number of alkyl halides is 1. The van der Waals surface area contributed by atoms with Crippen molar-refractivity contribution in [3.8, 4) is 0 Å². The highest BCUT2D eigenvalue weighted by atomic mass is 79.9. The van der Waals surface area contributed by atoms with Gasteiger partial charge in [0.05, 0.1) is 16.1 Å². The molecule has 0 heterocycles. The molecule has 1 unspecified atom stereocenters. The normalized spacial score (nSPS) is 11.7. The molecule has 1 aromatic rings. The molecule has 2 amide bonds. The maximum Gasteiger partial charge on any atom is 0.253 e. The van der Waals surface area contributed by atoms with Crippen LogP contribution in [0, 0.1) is 0 Å². The summed E-state index contributed by atoms with van der Waals surface area (Å²) in [5, 5.41) is 5.51. The summed E-state index contributed by atoms with van der Waals surface area (Å²) in [4.78, 5) is 23.2. The molecule has 0 aromatic heterocycles. The van der Waals surface area contributed by atoms with Gasteiger partial charge in [0.2, 0.25) is 5.91 Å². The molecule has 0 saturated carbocycles. The Morgan fingerprint density at radius 1 is 1.33 bits per heavy atom. The summed E-state index contributed by atoms with van der Waals surface area (Å²) in [7, 11) is 0. The molecular weight excluding hydrogens is 296 g/mol.